The Hall–Kier alpha value is -1.60. The van der Waals surface area contributed by atoms with Gasteiger partial charge in [-0.05, 0) is 67.5 Å². The van der Waals surface area contributed by atoms with Crippen molar-refractivity contribution in [2.45, 2.75) is 58.8 Å². The first-order valence-corrected chi connectivity index (χ1v) is 14.1. The maximum Gasteiger partial charge on any atom is 0.299 e. The van der Waals surface area contributed by atoms with E-state index in [9.17, 15) is 8.42 Å². The molecule has 5 nitrogen and oxygen atoms in total. The Morgan fingerprint density at radius 3 is 2.39 bits per heavy atom. The van der Waals surface area contributed by atoms with Crippen molar-refractivity contribution in [2.75, 3.05) is 30.5 Å². The first-order chi connectivity index (χ1) is 15.9. The van der Waals surface area contributed by atoms with Crippen LogP contribution in [-0.4, -0.2) is 39.5 Å². The lowest BCUT2D eigenvalue weighted by atomic mass is 9.91. The molecule has 1 fully saturated rings. The summed E-state index contributed by atoms with van der Waals surface area (Å²) >= 11 is 6.09. The number of piperidine rings is 1. The van der Waals surface area contributed by atoms with Crippen molar-refractivity contribution in [1.82, 2.24) is 4.90 Å². The Bertz CT molecular complexity index is 907. The Kier molecular flexibility index (Phi) is 11.7. The number of nitrogens with zero attached hydrogens (tertiary/aromatic N) is 2. The molecule has 0 radical (unpaired) electrons. The van der Waals surface area contributed by atoms with E-state index in [1.54, 1.807) is 12.1 Å². The third-order valence-electron chi connectivity index (χ3n) is 6.10. The molecule has 2 aromatic rings. The molecule has 1 saturated heterocycles. The molecule has 0 aromatic heterocycles. The van der Waals surface area contributed by atoms with Crippen molar-refractivity contribution >= 4 is 27.5 Å². The lowest BCUT2D eigenvalue weighted by molar-refractivity contribution is 0.166. The van der Waals surface area contributed by atoms with Crippen LogP contribution in [-0.2, 0) is 10.2 Å². The fourth-order valence-electron chi connectivity index (χ4n) is 4.51. The van der Waals surface area contributed by atoms with Gasteiger partial charge in [0.2, 0.25) is 0 Å². The molecule has 0 saturated carbocycles. The molecular weight excluding hydrogens is 454 g/mol. The van der Waals surface area contributed by atoms with Gasteiger partial charge in [-0.1, -0.05) is 75.5 Å². The van der Waals surface area contributed by atoms with Gasteiger partial charge in [0.1, 0.15) is 0 Å². The van der Waals surface area contributed by atoms with Gasteiger partial charge in [0.25, 0.3) is 10.2 Å². The second-order valence-electron chi connectivity index (χ2n) is 8.57. The predicted octanol–water partition coefficient (Wildman–Crippen LogP) is 6.06. The highest BCUT2D eigenvalue weighted by Gasteiger charge is 2.28. The predicted molar refractivity (Wildman–Crippen MR) is 141 cm³/mol. The van der Waals surface area contributed by atoms with Gasteiger partial charge in [0.05, 0.1) is 5.69 Å². The zero-order valence-corrected chi connectivity index (χ0v) is 21.9. The van der Waals surface area contributed by atoms with Crippen LogP contribution < -0.4 is 9.44 Å². The highest BCUT2D eigenvalue weighted by molar-refractivity contribution is 7.90. The van der Waals surface area contributed by atoms with Crippen molar-refractivity contribution in [1.29, 1.82) is 0 Å². The quantitative estimate of drug-likeness (QED) is 0.437. The van der Waals surface area contributed by atoms with Crippen LogP contribution in [0.2, 0.25) is 5.02 Å². The van der Waals surface area contributed by atoms with E-state index in [-0.39, 0.29) is 5.92 Å². The number of hydrogen-bond donors (Lipinski definition) is 1. The van der Waals surface area contributed by atoms with Gasteiger partial charge < -0.3 is 4.90 Å². The largest absolute Gasteiger partial charge is 0.302 e. The van der Waals surface area contributed by atoms with Crippen molar-refractivity contribution in [3.8, 4) is 0 Å². The Morgan fingerprint density at radius 1 is 1.12 bits per heavy atom. The van der Waals surface area contributed by atoms with Crippen LogP contribution in [0.5, 0.6) is 0 Å². The Balaban J connectivity index is 0.00000187. The number of nitrogens with two attached hydrogens (primary N) is 1. The molecule has 2 atom stereocenters. The summed E-state index contributed by atoms with van der Waals surface area (Å²) in [6.45, 7) is 9.56. The fraction of sp³-hybridized carbons (Fsp3) is 0.538. The zero-order chi connectivity index (χ0) is 24.3. The minimum Gasteiger partial charge on any atom is -0.302 e. The first kappa shape index (κ1) is 27.6. The summed E-state index contributed by atoms with van der Waals surface area (Å²) in [5, 5.41) is 6.33. The molecule has 2 unspecified atom stereocenters. The van der Waals surface area contributed by atoms with Gasteiger partial charge >= 0.3 is 0 Å². The molecule has 7 heteroatoms. The maximum absolute atomic E-state index is 12.3. The molecule has 0 aliphatic carbocycles. The molecule has 3 rings (SSSR count). The van der Waals surface area contributed by atoms with Gasteiger partial charge in [0.15, 0.2) is 0 Å². The van der Waals surface area contributed by atoms with Crippen LogP contribution in [0.25, 0.3) is 0 Å². The number of rotatable bonds is 10. The summed E-state index contributed by atoms with van der Waals surface area (Å²) in [5.41, 5.74) is 1.96. The van der Waals surface area contributed by atoms with Crippen molar-refractivity contribution < 1.29 is 8.42 Å². The van der Waals surface area contributed by atoms with E-state index < -0.39 is 10.2 Å². The minimum atomic E-state index is -3.81. The third-order valence-corrected chi connectivity index (χ3v) is 7.33. The lowest BCUT2D eigenvalue weighted by Gasteiger charge is -2.37. The highest BCUT2D eigenvalue weighted by atomic mass is 35.5. The zero-order valence-electron chi connectivity index (χ0n) is 20.3. The molecular formula is C26H40ClN3O2S. The normalized spacial score (nSPS) is 17.7. The van der Waals surface area contributed by atoms with E-state index in [2.05, 4.69) is 24.0 Å². The van der Waals surface area contributed by atoms with Gasteiger partial charge in [-0.25, -0.2) is 5.14 Å². The molecule has 1 heterocycles. The van der Waals surface area contributed by atoms with E-state index in [1.807, 2.05) is 44.2 Å². The van der Waals surface area contributed by atoms with E-state index in [0.29, 0.717) is 18.2 Å². The summed E-state index contributed by atoms with van der Waals surface area (Å²) in [4.78, 5) is 2.50. The van der Waals surface area contributed by atoms with Crippen LogP contribution in [0.15, 0.2) is 54.6 Å². The smallest absolute Gasteiger partial charge is 0.299 e. The summed E-state index contributed by atoms with van der Waals surface area (Å²) in [7, 11) is -3.81. The fourth-order valence-corrected chi connectivity index (χ4v) is 5.47. The molecule has 2 N–H and O–H groups in total. The van der Waals surface area contributed by atoms with E-state index in [4.69, 9.17) is 16.7 Å². The number of unbranched alkanes of at least 4 members (excludes halogenated alkanes) is 1. The molecule has 2 aromatic carbocycles. The summed E-state index contributed by atoms with van der Waals surface area (Å²) < 4.78 is 25.9. The monoisotopic (exact) mass is 493 g/mol. The number of benzene rings is 2. The molecule has 0 bridgehead atoms. The average Bonchev–Trinajstić information content (AvgIpc) is 2.82. The van der Waals surface area contributed by atoms with E-state index in [0.717, 1.165) is 43.9 Å². The second kappa shape index (κ2) is 14.0. The number of hydrogen-bond acceptors (Lipinski definition) is 3. The van der Waals surface area contributed by atoms with Crippen molar-refractivity contribution in [3.63, 3.8) is 0 Å². The standard InChI is InChI=1S/C24H34ClN3O2S.C2H6/c1-2-3-9-22(21-12-14-23(25)15-13-21)19-27-16-7-8-20(17-27)18-28(31(26,29)30)24-10-5-4-6-11-24;1-2/h4-6,10-15,20,22H,2-3,7-9,16-19H2,1H3,(H2,26,29,30);1-2H3. The van der Waals surface area contributed by atoms with Crippen LogP contribution in [0.4, 0.5) is 5.69 Å². The van der Waals surface area contributed by atoms with Crippen LogP contribution in [0, 0.1) is 5.92 Å². The molecule has 1 aliphatic heterocycles. The topological polar surface area (TPSA) is 66.6 Å². The molecule has 1 aliphatic rings. The molecule has 184 valence electrons. The molecule has 0 amide bonds. The summed E-state index contributed by atoms with van der Waals surface area (Å²) in [6.07, 6.45) is 5.59. The maximum atomic E-state index is 12.3. The average molecular weight is 494 g/mol. The van der Waals surface area contributed by atoms with Crippen LogP contribution in [0.3, 0.4) is 0 Å². The number of likely N-dealkylation sites (tertiary alicyclic amines) is 1. The van der Waals surface area contributed by atoms with Gasteiger partial charge in [0, 0.05) is 24.7 Å². The van der Waals surface area contributed by atoms with E-state index >= 15 is 0 Å². The molecule has 0 spiro atoms. The minimum absolute atomic E-state index is 0.254. The van der Waals surface area contributed by atoms with Crippen molar-refractivity contribution in [2.24, 2.45) is 11.1 Å². The third kappa shape index (κ3) is 8.93. The highest BCUT2D eigenvalue weighted by Crippen LogP contribution is 2.28. The summed E-state index contributed by atoms with van der Waals surface area (Å²) in [5.74, 6) is 0.712. The number of para-hydroxylation sites is 1. The SMILES string of the molecule is CC.CCCCC(CN1CCCC(CN(c2ccccc2)S(N)(=O)=O)C1)c1ccc(Cl)cc1. The van der Waals surface area contributed by atoms with Crippen LogP contribution in [0.1, 0.15) is 64.4 Å². The Morgan fingerprint density at radius 2 is 1.79 bits per heavy atom. The van der Waals surface area contributed by atoms with Gasteiger partial charge in [-0.15, -0.1) is 0 Å². The van der Waals surface area contributed by atoms with Crippen LogP contribution >= 0.6 is 11.6 Å². The van der Waals surface area contributed by atoms with Crippen molar-refractivity contribution in [3.05, 3.63) is 65.2 Å². The lowest BCUT2D eigenvalue weighted by Crippen LogP contribution is -2.45. The van der Waals surface area contributed by atoms with Gasteiger partial charge in [-0.3, -0.25) is 4.31 Å². The number of halogens is 1. The van der Waals surface area contributed by atoms with E-state index in [1.165, 1.54) is 22.7 Å². The second-order valence-corrected chi connectivity index (χ2v) is 10.5. The molecule has 33 heavy (non-hydrogen) atoms. The Labute approximate surface area is 206 Å². The summed E-state index contributed by atoms with van der Waals surface area (Å²) in [6, 6.07) is 17.4. The van der Waals surface area contributed by atoms with Gasteiger partial charge in [-0.2, -0.15) is 8.42 Å². The number of anilines is 1. The first-order valence-electron chi connectivity index (χ1n) is 12.2.